The van der Waals surface area contributed by atoms with Gasteiger partial charge in [0, 0.05) is 49.1 Å². The fraction of sp³-hybridized carbons (Fsp3) is 0.500. The summed E-state index contributed by atoms with van der Waals surface area (Å²) in [7, 11) is 2.08. The van der Waals surface area contributed by atoms with Gasteiger partial charge in [0.1, 0.15) is 0 Å². The van der Waals surface area contributed by atoms with E-state index in [0.717, 1.165) is 23.6 Å². The Morgan fingerprint density at radius 3 is 2.95 bits per heavy atom. The molecule has 1 saturated heterocycles. The maximum Gasteiger partial charge on any atom is 0.0895 e. The molecule has 2 N–H and O–H groups in total. The van der Waals surface area contributed by atoms with Crippen molar-refractivity contribution in [3.63, 3.8) is 0 Å². The van der Waals surface area contributed by atoms with Gasteiger partial charge in [-0.1, -0.05) is 11.6 Å². The maximum atomic E-state index is 6.09. The Bertz CT molecular complexity index is 673. The Kier molecular flexibility index (Phi) is 3.11. The van der Waals surface area contributed by atoms with Crippen molar-refractivity contribution in [1.82, 2.24) is 13.9 Å². The Labute approximate surface area is 133 Å². The van der Waals surface area contributed by atoms with Crippen LogP contribution in [0, 0.1) is 5.41 Å². The third-order valence-electron chi connectivity index (χ3n) is 4.86. The smallest absolute Gasteiger partial charge is 0.0895 e. The van der Waals surface area contributed by atoms with Gasteiger partial charge in [-0.3, -0.25) is 5.14 Å². The quantitative estimate of drug-likeness (QED) is 0.879. The molecule has 1 aliphatic carbocycles. The molecule has 3 heterocycles. The molecule has 0 radical (unpaired) electrons. The monoisotopic (exact) mass is 323 g/mol. The summed E-state index contributed by atoms with van der Waals surface area (Å²) >= 11 is 7.43. The first kappa shape index (κ1) is 13.7. The Hall–Kier alpha value is -0.950. The molecule has 2 aliphatic rings. The van der Waals surface area contributed by atoms with Gasteiger partial charge in [0.05, 0.1) is 16.2 Å². The molecule has 2 aromatic heterocycles. The molecule has 112 valence electrons. The molecular formula is C14H18ClN5S. The van der Waals surface area contributed by atoms with Crippen molar-refractivity contribution in [1.29, 1.82) is 0 Å². The third kappa shape index (κ3) is 2.12. The Morgan fingerprint density at radius 2 is 2.24 bits per heavy atom. The molecule has 5 nitrogen and oxygen atoms in total. The zero-order chi connectivity index (χ0) is 14.6. The second kappa shape index (κ2) is 4.78. The van der Waals surface area contributed by atoms with Crippen LogP contribution in [-0.2, 0) is 0 Å². The Morgan fingerprint density at radius 1 is 1.48 bits per heavy atom. The highest BCUT2D eigenvalue weighted by atomic mass is 35.5. The Balaban J connectivity index is 1.48. The zero-order valence-electron chi connectivity index (χ0n) is 11.9. The molecule has 0 aromatic carbocycles. The van der Waals surface area contributed by atoms with Crippen molar-refractivity contribution < 1.29 is 0 Å². The topological polar surface area (TPSA) is 49.8 Å². The van der Waals surface area contributed by atoms with Gasteiger partial charge < -0.3 is 4.90 Å². The number of anilines is 1. The molecule has 1 saturated carbocycles. The summed E-state index contributed by atoms with van der Waals surface area (Å²) in [6.45, 7) is 2.24. The van der Waals surface area contributed by atoms with E-state index in [1.807, 2.05) is 23.0 Å². The second-order valence-electron chi connectivity index (χ2n) is 6.27. The molecule has 4 rings (SSSR count). The first-order chi connectivity index (χ1) is 10.1. The lowest BCUT2D eigenvalue weighted by Crippen LogP contribution is -2.65. The predicted octanol–water partition coefficient (Wildman–Crippen LogP) is 2.41. The number of fused-ring (bicyclic) bond motifs is 1. The van der Waals surface area contributed by atoms with Crippen molar-refractivity contribution >= 4 is 34.9 Å². The highest BCUT2D eigenvalue weighted by Gasteiger charge is 2.53. The van der Waals surface area contributed by atoms with Crippen LogP contribution in [0.25, 0.3) is 5.52 Å². The molecule has 0 amide bonds. The van der Waals surface area contributed by atoms with E-state index in [1.54, 1.807) is 0 Å². The number of nitrogens with two attached hydrogens (primary N) is 1. The molecule has 0 atom stereocenters. The molecule has 21 heavy (non-hydrogen) atoms. The minimum absolute atomic E-state index is 0.491. The number of halogens is 1. The number of rotatable bonds is 3. The third-order valence-corrected chi connectivity index (χ3v) is 5.70. The van der Waals surface area contributed by atoms with Crippen molar-refractivity contribution in [3.8, 4) is 0 Å². The lowest BCUT2D eigenvalue weighted by Gasteiger charge is -2.61. The van der Waals surface area contributed by atoms with Crippen molar-refractivity contribution in [3.05, 3.63) is 29.5 Å². The lowest BCUT2D eigenvalue weighted by atomic mass is 9.60. The van der Waals surface area contributed by atoms with Crippen LogP contribution in [-0.4, -0.2) is 40.1 Å². The largest absolute Gasteiger partial charge is 0.368 e. The fourth-order valence-electron chi connectivity index (χ4n) is 3.71. The summed E-state index contributed by atoms with van der Waals surface area (Å²) in [4.78, 5) is 2.43. The summed E-state index contributed by atoms with van der Waals surface area (Å²) < 4.78 is 4.02. The SMILES string of the molecule is CN(SN)C1CC2(C1)CN(c1ccnn3cc(Cl)cc13)C2. The van der Waals surface area contributed by atoms with E-state index in [1.165, 1.54) is 30.7 Å². The molecule has 2 fully saturated rings. The van der Waals surface area contributed by atoms with Gasteiger partial charge in [-0.05, 0) is 32.0 Å². The highest BCUT2D eigenvalue weighted by Crippen LogP contribution is 2.52. The predicted molar refractivity (Wildman–Crippen MR) is 87.4 cm³/mol. The summed E-state index contributed by atoms with van der Waals surface area (Å²) in [6.07, 6.45) is 6.18. The number of aromatic nitrogens is 2. The zero-order valence-corrected chi connectivity index (χ0v) is 13.4. The van der Waals surface area contributed by atoms with Gasteiger partial charge in [0.25, 0.3) is 0 Å². The minimum atomic E-state index is 0.491. The molecule has 2 aromatic rings. The van der Waals surface area contributed by atoms with E-state index >= 15 is 0 Å². The normalized spacial score (nSPS) is 21.0. The van der Waals surface area contributed by atoms with Crippen molar-refractivity contribution in [2.45, 2.75) is 18.9 Å². The van der Waals surface area contributed by atoms with Gasteiger partial charge in [0.2, 0.25) is 0 Å². The summed E-state index contributed by atoms with van der Waals surface area (Å²) in [5.41, 5.74) is 2.81. The first-order valence-electron chi connectivity index (χ1n) is 7.08. The number of hydrogen-bond donors (Lipinski definition) is 1. The standard InChI is InChI=1S/C14H18ClN5S/c1-18(21-16)11-5-14(6-11)8-19(9-14)12-2-3-17-20-7-10(15)4-13(12)20/h2-4,7,11H,5-6,8-9,16H2,1H3. The van der Waals surface area contributed by atoms with Crippen molar-refractivity contribution in [2.75, 3.05) is 25.0 Å². The molecular weight excluding hydrogens is 306 g/mol. The van der Waals surface area contributed by atoms with Gasteiger partial charge in [-0.15, -0.1) is 0 Å². The molecule has 0 unspecified atom stereocenters. The van der Waals surface area contributed by atoms with Gasteiger partial charge >= 0.3 is 0 Å². The maximum absolute atomic E-state index is 6.09. The number of nitrogens with zero attached hydrogens (tertiary/aromatic N) is 4. The van der Waals surface area contributed by atoms with E-state index in [2.05, 4.69) is 27.4 Å². The van der Waals surface area contributed by atoms with Crippen LogP contribution in [0.1, 0.15) is 12.8 Å². The van der Waals surface area contributed by atoms with Crippen molar-refractivity contribution in [2.24, 2.45) is 10.6 Å². The first-order valence-corrected chi connectivity index (χ1v) is 8.29. The van der Waals surface area contributed by atoms with Crippen LogP contribution >= 0.6 is 23.7 Å². The molecule has 1 aliphatic heterocycles. The van der Waals surface area contributed by atoms with E-state index in [0.29, 0.717) is 11.5 Å². The van der Waals surface area contributed by atoms with Crippen LogP contribution in [0.4, 0.5) is 5.69 Å². The summed E-state index contributed by atoms with van der Waals surface area (Å²) in [6, 6.07) is 4.69. The highest BCUT2D eigenvalue weighted by molar-refractivity contribution is 7.94. The van der Waals surface area contributed by atoms with Crippen LogP contribution < -0.4 is 10.0 Å². The summed E-state index contributed by atoms with van der Waals surface area (Å²) in [5, 5.41) is 10.7. The van der Waals surface area contributed by atoms with Gasteiger partial charge in [0.15, 0.2) is 0 Å². The van der Waals surface area contributed by atoms with E-state index < -0.39 is 0 Å². The van der Waals surface area contributed by atoms with E-state index in [9.17, 15) is 0 Å². The number of hydrogen-bond acceptors (Lipinski definition) is 5. The summed E-state index contributed by atoms with van der Waals surface area (Å²) in [5.74, 6) is 0. The van der Waals surface area contributed by atoms with E-state index in [-0.39, 0.29) is 0 Å². The van der Waals surface area contributed by atoms with E-state index in [4.69, 9.17) is 16.7 Å². The van der Waals surface area contributed by atoms with Crippen LogP contribution in [0.3, 0.4) is 0 Å². The molecule has 0 bridgehead atoms. The van der Waals surface area contributed by atoms with Gasteiger partial charge in [-0.25, -0.2) is 8.82 Å². The van der Waals surface area contributed by atoms with Crippen LogP contribution in [0.2, 0.25) is 5.02 Å². The van der Waals surface area contributed by atoms with Gasteiger partial charge in [-0.2, -0.15) is 5.10 Å². The molecule has 1 spiro atoms. The molecule has 7 heteroatoms. The minimum Gasteiger partial charge on any atom is -0.368 e. The average Bonchev–Trinajstić information content (AvgIpc) is 2.76. The lowest BCUT2D eigenvalue weighted by molar-refractivity contribution is 0.0244. The average molecular weight is 324 g/mol. The second-order valence-corrected chi connectivity index (χ2v) is 7.50. The van der Waals surface area contributed by atoms with Crippen LogP contribution in [0.5, 0.6) is 0 Å². The fourth-order valence-corrected chi connectivity index (χ4v) is 4.23. The van der Waals surface area contributed by atoms with Crippen LogP contribution in [0.15, 0.2) is 24.5 Å².